The molecule has 170 valence electrons. The minimum absolute atomic E-state index is 0.203. The van der Waals surface area contributed by atoms with Crippen LogP contribution in [0.2, 0.25) is 0 Å². The van der Waals surface area contributed by atoms with Crippen molar-refractivity contribution in [1.29, 1.82) is 0 Å². The van der Waals surface area contributed by atoms with Crippen LogP contribution in [0.4, 0.5) is 0 Å². The van der Waals surface area contributed by atoms with E-state index in [0.29, 0.717) is 11.6 Å². The summed E-state index contributed by atoms with van der Waals surface area (Å²) in [6.07, 6.45) is 0. The fourth-order valence-electron chi connectivity index (χ4n) is 4.54. The van der Waals surface area contributed by atoms with Crippen LogP contribution in [0.25, 0.3) is 50.3 Å². The molecule has 4 nitrogen and oxygen atoms in total. The first-order chi connectivity index (χ1) is 17.0. The average Bonchev–Trinajstić information content (AvgIpc) is 3.23. The highest BCUT2D eigenvalue weighted by Crippen LogP contribution is 2.33. The summed E-state index contributed by atoms with van der Waals surface area (Å²) in [6.45, 7) is 6.40. The van der Waals surface area contributed by atoms with Crippen LogP contribution in [0.15, 0.2) is 103 Å². The number of fused-ring (bicyclic) bond motifs is 3. The number of para-hydroxylation sites is 2. The summed E-state index contributed by atoms with van der Waals surface area (Å²) in [7, 11) is 0. The molecule has 0 fully saturated rings. The molecule has 0 atom stereocenters. The van der Waals surface area contributed by atoms with Crippen molar-refractivity contribution in [3.8, 4) is 28.5 Å². The zero-order chi connectivity index (χ0) is 24.0. The van der Waals surface area contributed by atoms with Crippen LogP contribution in [0.3, 0.4) is 0 Å². The van der Waals surface area contributed by atoms with Gasteiger partial charge in [-0.1, -0.05) is 99.6 Å². The first-order valence-corrected chi connectivity index (χ1v) is 11.9. The molecule has 4 aromatic carbocycles. The van der Waals surface area contributed by atoms with Gasteiger partial charge in [-0.25, -0.2) is 15.0 Å². The van der Waals surface area contributed by atoms with Gasteiger partial charge in [-0.05, 0) is 24.3 Å². The molecule has 0 aliphatic carbocycles. The zero-order valence-corrected chi connectivity index (χ0v) is 20.1. The van der Waals surface area contributed by atoms with E-state index in [1.54, 1.807) is 0 Å². The molecule has 0 bridgehead atoms. The molecule has 0 aliphatic heterocycles. The second-order valence-corrected chi connectivity index (χ2v) is 9.84. The van der Waals surface area contributed by atoms with Gasteiger partial charge in [0.1, 0.15) is 5.82 Å². The van der Waals surface area contributed by atoms with Crippen molar-refractivity contribution in [2.45, 2.75) is 26.2 Å². The molecule has 0 amide bonds. The molecule has 2 aromatic heterocycles. The van der Waals surface area contributed by atoms with E-state index in [-0.39, 0.29) is 5.41 Å². The molecule has 0 N–H and O–H groups in total. The smallest absolute Gasteiger partial charge is 0.163 e. The lowest BCUT2D eigenvalue weighted by Crippen LogP contribution is -2.18. The van der Waals surface area contributed by atoms with Gasteiger partial charge in [0.2, 0.25) is 0 Å². The molecule has 0 saturated heterocycles. The second-order valence-electron chi connectivity index (χ2n) is 9.84. The van der Waals surface area contributed by atoms with Crippen molar-refractivity contribution >= 4 is 21.8 Å². The van der Waals surface area contributed by atoms with Crippen LogP contribution in [-0.4, -0.2) is 19.5 Å². The van der Waals surface area contributed by atoms with E-state index in [1.807, 2.05) is 30.3 Å². The number of hydrogen-bond donors (Lipinski definition) is 0. The number of benzene rings is 4. The largest absolute Gasteiger partial charge is 0.309 e. The van der Waals surface area contributed by atoms with Gasteiger partial charge < -0.3 is 4.57 Å². The third-order valence-electron chi connectivity index (χ3n) is 6.28. The molecular weight excluding hydrogens is 428 g/mol. The van der Waals surface area contributed by atoms with Gasteiger partial charge >= 0.3 is 0 Å². The van der Waals surface area contributed by atoms with E-state index in [1.165, 1.54) is 21.8 Å². The van der Waals surface area contributed by atoms with E-state index >= 15 is 0 Å². The number of rotatable bonds is 3. The van der Waals surface area contributed by atoms with Crippen LogP contribution in [0.5, 0.6) is 0 Å². The average molecular weight is 455 g/mol. The van der Waals surface area contributed by atoms with Crippen LogP contribution < -0.4 is 0 Å². The van der Waals surface area contributed by atoms with Crippen molar-refractivity contribution in [3.05, 3.63) is 109 Å². The van der Waals surface area contributed by atoms with Crippen molar-refractivity contribution in [1.82, 2.24) is 19.5 Å². The molecule has 0 radical (unpaired) electrons. The summed E-state index contributed by atoms with van der Waals surface area (Å²) in [6, 6.07) is 35.7. The Labute approximate surface area is 205 Å². The fraction of sp³-hybridized carbons (Fsp3) is 0.129. The zero-order valence-electron chi connectivity index (χ0n) is 20.1. The molecule has 0 spiro atoms. The van der Waals surface area contributed by atoms with Gasteiger partial charge in [-0.2, -0.15) is 0 Å². The van der Waals surface area contributed by atoms with Crippen LogP contribution >= 0.6 is 0 Å². The minimum atomic E-state index is -0.203. The van der Waals surface area contributed by atoms with Crippen LogP contribution in [-0.2, 0) is 5.41 Å². The molecule has 0 aliphatic rings. The Balaban J connectivity index is 1.56. The van der Waals surface area contributed by atoms with Crippen molar-refractivity contribution < 1.29 is 0 Å². The number of hydrogen-bond acceptors (Lipinski definition) is 3. The Morgan fingerprint density at radius 2 is 1.09 bits per heavy atom. The summed E-state index contributed by atoms with van der Waals surface area (Å²) in [5.41, 5.74) is 5.20. The van der Waals surface area contributed by atoms with Crippen molar-refractivity contribution in [2.24, 2.45) is 0 Å². The maximum atomic E-state index is 4.92. The molecule has 2 heterocycles. The highest BCUT2D eigenvalue weighted by molar-refractivity contribution is 6.09. The summed E-state index contributed by atoms with van der Waals surface area (Å²) >= 11 is 0. The van der Waals surface area contributed by atoms with E-state index in [2.05, 4.69) is 98.1 Å². The van der Waals surface area contributed by atoms with E-state index in [4.69, 9.17) is 15.0 Å². The molecule has 0 unspecified atom stereocenters. The molecule has 0 saturated carbocycles. The monoisotopic (exact) mass is 454 g/mol. The molecule has 35 heavy (non-hydrogen) atoms. The molecule has 6 aromatic rings. The van der Waals surface area contributed by atoms with Crippen molar-refractivity contribution in [2.75, 3.05) is 0 Å². The Bertz CT molecular complexity index is 1620. The Hall–Kier alpha value is -4.31. The maximum Gasteiger partial charge on any atom is 0.163 e. The van der Waals surface area contributed by atoms with E-state index in [9.17, 15) is 0 Å². The first-order valence-electron chi connectivity index (χ1n) is 11.9. The lowest BCUT2D eigenvalue weighted by Gasteiger charge is -2.18. The highest BCUT2D eigenvalue weighted by atomic mass is 15.0. The van der Waals surface area contributed by atoms with Gasteiger partial charge in [-0.3, -0.25) is 0 Å². The van der Waals surface area contributed by atoms with Crippen LogP contribution in [0, 0.1) is 0 Å². The van der Waals surface area contributed by atoms with Gasteiger partial charge in [0, 0.05) is 33.0 Å². The Kier molecular flexibility index (Phi) is 4.96. The third kappa shape index (κ3) is 3.77. The molecule has 4 heteroatoms. The minimum Gasteiger partial charge on any atom is -0.309 e. The molecular formula is C31H26N4. The quantitative estimate of drug-likeness (QED) is 0.276. The normalized spacial score (nSPS) is 11.9. The Morgan fingerprint density at radius 3 is 1.71 bits per heavy atom. The molecule has 6 rings (SSSR count). The third-order valence-corrected chi connectivity index (χ3v) is 6.28. The maximum absolute atomic E-state index is 4.92. The lowest BCUT2D eigenvalue weighted by molar-refractivity contribution is 0.543. The van der Waals surface area contributed by atoms with Gasteiger partial charge in [0.25, 0.3) is 0 Å². The predicted octanol–water partition coefficient (Wildman–Crippen LogP) is 7.60. The summed E-state index contributed by atoms with van der Waals surface area (Å²) < 4.78 is 2.32. The number of nitrogens with zero attached hydrogens (tertiary/aromatic N) is 4. The summed E-state index contributed by atoms with van der Waals surface area (Å²) in [5.74, 6) is 2.16. The standard InChI is InChI=1S/C31H26N4/c1-31(2,3)30-33-28(21-12-5-4-6-13-21)32-29(34-30)22-14-11-15-23(20-22)35-26-18-9-7-16-24(26)25-17-8-10-19-27(25)35/h4-20H,1-3H3. The SMILES string of the molecule is CC(C)(C)c1nc(-c2ccccc2)nc(-c2cccc(-n3c4ccccc4c4ccccc43)c2)n1. The summed E-state index contributed by atoms with van der Waals surface area (Å²) in [5, 5.41) is 2.49. The topological polar surface area (TPSA) is 43.6 Å². The first kappa shape index (κ1) is 21.2. The Morgan fingerprint density at radius 1 is 0.543 bits per heavy atom. The predicted molar refractivity (Wildman–Crippen MR) is 144 cm³/mol. The highest BCUT2D eigenvalue weighted by Gasteiger charge is 2.21. The van der Waals surface area contributed by atoms with Gasteiger partial charge in [0.05, 0.1) is 11.0 Å². The summed E-state index contributed by atoms with van der Waals surface area (Å²) in [4.78, 5) is 14.6. The van der Waals surface area contributed by atoms with E-state index in [0.717, 1.165) is 22.6 Å². The van der Waals surface area contributed by atoms with Gasteiger partial charge in [-0.15, -0.1) is 0 Å². The van der Waals surface area contributed by atoms with Crippen LogP contribution in [0.1, 0.15) is 26.6 Å². The van der Waals surface area contributed by atoms with Gasteiger partial charge in [0.15, 0.2) is 11.6 Å². The van der Waals surface area contributed by atoms with E-state index < -0.39 is 0 Å². The fourth-order valence-corrected chi connectivity index (χ4v) is 4.54. The lowest BCUT2D eigenvalue weighted by atomic mass is 9.95. The second kappa shape index (κ2) is 8.17. The van der Waals surface area contributed by atoms with Crippen molar-refractivity contribution in [3.63, 3.8) is 0 Å². The number of aromatic nitrogens is 4.